The molecule has 0 radical (unpaired) electrons. The second-order valence-electron chi connectivity index (χ2n) is 8.39. The van der Waals surface area contributed by atoms with Gasteiger partial charge in [0.05, 0.1) is 28.2 Å². The summed E-state index contributed by atoms with van der Waals surface area (Å²) in [6, 6.07) is 9.07. The van der Waals surface area contributed by atoms with Crippen molar-refractivity contribution in [2.75, 3.05) is 0 Å². The van der Waals surface area contributed by atoms with Crippen molar-refractivity contribution in [2.24, 2.45) is 0 Å². The maximum Gasteiger partial charge on any atom is 0.0937 e. The largest absolute Gasteiger partial charge is 0.254 e. The third-order valence-electron chi connectivity index (χ3n) is 6.16. The van der Waals surface area contributed by atoms with Crippen molar-refractivity contribution < 1.29 is 0 Å². The molecule has 0 bridgehead atoms. The molecule has 0 amide bonds. The number of hydrogen-bond donors (Lipinski definition) is 0. The first-order valence-corrected chi connectivity index (χ1v) is 9.89. The van der Waals surface area contributed by atoms with E-state index in [1.54, 1.807) is 0 Å². The van der Waals surface area contributed by atoms with Gasteiger partial charge in [-0.05, 0) is 72.2 Å². The van der Waals surface area contributed by atoms with E-state index in [0.717, 1.165) is 45.0 Å². The Labute approximate surface area is 169 Å². The lowest BCUT2D eigenvalue weighted by Crippen LogP contribution is -2.26. The van der Waals surface area contributed by atoms with E-state index in [4.69, 9.17) is 19.9 Å². The Hall–Kier alpha value is -3.40. The van der Waals surface area contributed by atoms with Gasteiger partial charge in [0, 0.05) is 24.8 Å². The van der Waals surface area contributed by atoms with E-state index < -0.39 is 5.41 Å². The molecule has 4 nitrogen and oxygen atoms in total. The number of hydrogen-bond acceptors (Lipinski definition) is 4. The molecule has 4 heterocycles. The zero-order valence-electron chi connectivity index (χ0n) is 16.9. The van der Waals surface area contributed by atoms with Crippen LogP contribution in [-0.2, 0) is 5.41 Å². The zero-order valence-corrected chi connectivity index (χ0v) is 16.9. The summed E-state index contributed by atoms with van der Waals surface area (Å²) >= 11 is 0. The van der Waals surface area contributed by atoms with Crippen LogP contribution in [0.4, 0.5) is 0 Å². The van der Waals surface area contributed by atoms with Crippen molar-refractivity contribution in [3.8, 4) is 22.8 Å². The third-order valence-corrected chi connectivity index (χ3v) is 6.16. The molecule has 0 atom stereocenters. The van der Waals surface area contributed by atoms with E-state index in [1.165, 1.54) is 22.3 Å². The summed E-state index contributed by atoms with van der Waals surface area (Å²) in [6.07, 6.45) is 7.73. The fourth-order valence-electron chi connectivity index (χ4n) is 5.05. The van der Waals surface area contributed by atoms with Crippen molar-refractivity contribution in [1.82, 2.24) is 19.9 Å². The molecular weight excluding hydrogens is 356 g/mol. The fraction of sp³-hybridized carbons (Fsp3) is 0.200. The maximum absolute atomic E-state index is 4.84. The normalized spacial score (nSPS) is 14.5. The lowest BCUT2D eigenvalue weighted by Gasteiger charge is -2.29. The van der Waals surface area contributed by atoms with Gasteiger partial charge in [0.1, 0.15) is 0 Å². The molecule has 0 N–H and O–H groups in total. The van der Waals surface area contributed by atoms with Gasteiger partial charge in [-0.2, -0.15) is 0 Å². The van der Waals surface area contributed by atoms with Gasteiger partial charge < -0.3 is 0 Å². The highest BCUT2D eigenvalue weighted by Crippen LogP contribution is 2.61. The lowest BCUT2D eigenvalue weighted by molar-refractivity contribution is 0.780. The molecule has 29 heavy (non-hydrogen) atoms. The van der Waals surface area contributed by atoms with Crippen LogP contribution in [0, 0.1) is 27.7 Å². The molecule has 6 rings (SSSR count). The Morgan fingerprint density at radius 3 is 0.931 bits per heavy atom. The molecule has 0 fully saturated rings. The van der Waals surface area contributed by atoms with E-state index in [9.17, 15) is 0 Å². The topological polar surface area (TPSA) is 51.6 Å². The summed E-state index contributed by atoms with van der Waals surface area (Å²) in [5.41, 5.74) is 12.7. The predicted octanol–water partition coefficient (Wildman–Crippen LogP) is 4.84. The summed E-state index contributed by atoms with van der Waals surface area (Å²) in [5.74, 6) is 0. The molecule has 0 unspecified atom stereocenters. The Morgan fingerprint density at radius 2 is 0.690 bits per heavy atom. The van der Waals surface area contributed by atoms with E-state index >= 15 is 0 Å². The van der Waals surface area contributed by atoms with E-state index in [1.807, 2.05) is 24.8 Å². The summed E-state index contributed by atoms with van der Waals surface area (Å²) in [4.78, 5) is 19.3. The van der Waals surface area contributed by atoms with E-state index in [2.05, 4.69) is 52.0 Å². The van der Waals surface area contributed by atoms with Crippen LogP contribution in [0.1, 0.15) is 44.5 Å². The molecule has 2 aliphatic rings. The Kier molecular flexibility index (Phi) is 3.05. The SMILES string of the molecule is Cc1cnc2c(c1)C1(c3cc(C)cnc3-2)c2cc(C)cnc2-c2ncc(C)cc21. The van der Waals surface area contributed by atoms with Crippen LogP contribution in [-0.4, -0.2) is 19.9 Å². The molecule has 4 heteroatoms. The third kappa shape index (κ3) is 1.93. The van der Waals surface area contributed by atoms with Gasteiger partial charge in [-0.3, -0.25) is 19.9 Å². The first kappa shape index (κ1) is 16.5. The number of aromatic nitrogens is 4. The molecule has 0 saturated heterocycles. The Morgan fingerprint density at radius 1 is 0.448 bits per heavy atom. The quantitative estimate of drug-likeness (QED) is 0.380. The molecule has 4 aromatic rings. The molecule has 0 saturated carbocycles. The monoisotopic (exact) mass is 376 g/mol. The average molecular weight is 376 g/mol. The molecule has 0 aromatic carbocycles. The highest BCUT2D eigenvalue weighted by atomic mass is 14.9. The van der Waals surface area contributed by atoms with Crippen LogP contribution in [0.3, 0.4) is 0 Å². The second kappa shape index (κ2) is 5.35. The number of fused-ring (bicyclic) bond motifs is 10. The summed E-state index contributed by atoms with van der Waals surface area (Å²) in [7, 11) is 0. The molecular formula is C25H20N4. The fourth-order valence-corrected chi connectivity index (χ4v) is 5.05. The molecule has 4 aromatic heterocycles. The average Bonchev–Trinajstić information content (AvgIpc) is 3.13. The maximum atomic E-state index is 4.84. The molecule has 1 spiro atoms. The minimum Gasteiger partial charge on any atom is -0.254 e. The minimum atomic E-state index is -0.467. The minimum absolute atomic E-state index is 0.467. The first-order valence-electron chi connectivity index (χ1n) is 9.89. The van der Waals surface area contributed by atoms with E-state index in [0.29, 0.717) is 0 Å². The summed E-state index contributed by atoms with van der Waals surface area (Å²) in [6.45, 7) is 8.40. The number of pyridine rings is 4. The smallest absolute Gasteiger partial charge is 0.0937 e. The highest BCUT2D eigenvalue weighted by Gasteiger charge is 2.54. The van der Waals surface area contributed by atoms with Gasteiger partial charge >= 0.3 is 0 Å². The van der Waals surface area contributed by atoms with Crippen LogP contribution in [0.5, 0.6) is 0 Å². The van der Waals surface area contributed by atoms with Gasteiger partial charge in [-0.1, -0.05) is 24.3 Å². The van der Waals surface area contributed by atoms with Gasteiger partial charge in [0.2, 0.25) is 0 Å². The van der Waals surface area contributed by atoms with Crippen LogP contribution in [0.25, 0.3) is 22.8 Å². The second-order valence-corrected chi connectivity index (χ2v) is 8.39. The molecule has 2 aliphatic carbocycles. The molecule has 0 aliphatic heterocycles. The van der Waals surface area contributed by atoms with Gasteiger partial charge in [0.15, 0.2) is 0 Å². The zero-order chi connectivity index (χ0) is 19.9. The Balaban J connectivity index is 1.88. The number of aryl methyl sites for hydroxylation is 4. The molecule has 140 valence electrons. The standard InChI is InChI=1S/C25H20N4/c1-13-5-17-21(26-9-13)22-18(6-14(2)10-27-22)25(17)19-7-15(3)11-28-23(19)24-20(25)8-16(4)12-29-24/h5-12H,1-4H3. The van der Waals surface area contributed by atoms with Crippen LogP contribution in [0.15, 0.2) is 49.1 Å². The van der Waals surface area contributed by atoms with Crippen molar-refractivity contribution in [1.29, 1.82) is 0 Å². The van der Waals surface area contributed by atoms with Crippen LogP contribution in [0.2, 0.25) is 0 Å². The lowest BCUT2D eigenvalue weighted by atomic mass is 9.71. The van der Waals surface area contributed by atoms with Crippen molar-refractivity contribution in [2.45, 2.75) is 33.1 Å². The van der Waals surface area contributed by atoms with Crippen molar-refractivity contribution in [3.05, 3.63) is 93.6 Å². The van der Waals surface area contributed by atoms with Crippen molar-refractivity contribution in [3.63, 3.8) is 0 Å². The first-order chi connectivity index (χ1) is 14.0. The summed E-state index contributed by atoms with van der Waals surface area (Å²) in [5, 5.41) is 0. The number of rotatable bonds is 0. The predicted molar refractivity (Wildman–Crippen MR) is 113 cm³/mol. The summed E-state index contributed by atoms with van der Waals surface area (Å²) < 4.78 is 0. The Bertz CT molecular complexity index is 1140. The van der Waals surface area contributed by atoms with Gasteiger partial charge in [-0.25, -0.2) is 0 Å². The highest BCUT2D eigenvalue weighted by molar-refractivity contribution is 5.90. The van der Waals surface area contributed by atoms with E-state index in [-0.39, 0.29) is 0 Å². The number of nitrogens with zero attached hydrogens (tertiary/aromatic N) is 4. The van der Waals surface area contributed by atoms with Crippen LogP contribution >= 0.6 is 0 Å². The van der Waals surface area contributed by atoms with Crippen molar-refractivity contribution >= 4 is 0 Å². The van der Waals surface area contributed by atoms with Gasteiger partial charge in [0.25, 0.3) is 0 Å². The van der Waals surface area contributed by atoms with Crippen LogP contribution < -0.4 is 0 Å². The van der Waals surface area contributed by atoms with Gasteiger partial charge in [-0.15, -0.1) is 0 Å².